The van der Waals surface area contributed by atoms with E-state index in [1.807, 2.05) is 0 Å². The zero-order valence-corrected chi connectivity index (χ0v) is 14.0. The van der Waals surface area contributed by atoms with Gasteiger partial charge in [0.05, 0.1) is 30.2 Å². The van der Waals surface area contributed by atoms with Crippen LogP contribution in [-0.4, -0.2) is 17.8 Å². The molecule has 0 aromatic rings. The van der Waals surface area contributed by atoms with Crippen molar-refractivity contribution in [3.05, 3.63) is 12.2 Å². The quantitative estimate of drug-likeness (QED) is 0.739. The molecule has 5 atom stereocenters. The minimum absolute atomic E-state index is 0.0220. The first kappa shape index (κ1) is 16.1. The Hall–Kier alpha value is -2.36. The third kappa shape index (κ3) is 1.72. The maximum absolute atomic E-state index is 10.1. The highest BCUT2D eigenvalue weighted by atomic mass is 16.7. The number of rotatable bonds is 1. The second-order valence-corrected chi connectivity index (χ2v) is 7.58. The lowest BCUT2D eigenvalue weighted by molar-refractivity contribution is -0.302. The summed E-state index contributed by atoms with van der Waals surface area (Å²) < 4.78 is 12.3. The van der Waals surface area contributed by atoms with E-state index in [2.05, 4.69) is 30.4 Å². The van der Waals surface area contributed by atoms with Gasteiger partial charge in [-0.2, -0.15) is 15.8 Å². The van der Waals surface area contributed by atoms with E-state index in [0.29, 0.717) is 19.3 Å². The number of hydrogen-bond acceptors (Lipinski definition) is 6. The molecule has 2 saturated heterocycles. The Morgan fingerprint density at radius 3 is 2.52 bits per heavy atom. The molecule has 3 fully saturated rings. The van der Waals surface area contributed by atoms with Crippen LogP contribution >= 0.6 is 0 Å². The van der Waals surface area contributed by atoms with Crippen LogP contribution in [0.3, 0.4) is 0 Å². The molecule has 2 aliphatic heterocycles. The van der Waals surface area contributed by atoms with Crippen LogP contribution in [0, 0.1) is 62.1 Å². The largest absolute Gasteiger partial charge is 0.447 e. The van der Waals surface area contributed by atoms with Gasteiger partial charge in [-0.1, -0.05) is 18.6 Å². The Labute approximate surface area is 147 Å². The van der Waals surface area contributed by atoms with Crippen LogP contribution in [-0.2, 0) is 9.47 Å². The van der Waals surface area contributed by atoms with Gasteiger partial charge in [0.1, 0.15) is 0 Å². The van der Waals surface area contributed by atoms with Crippen LogP contribution in [0.5, 0.6) is 0 Å². The molecule has 1 N–H and O–H groups in total. The molecular weight excluding hydrogens is 316 g/mol. The molecule has 0 aromatic carbocycles. The number of allylic oxidation sites excluding steroid dienone is 2. The first-order valence-corrected chi connectivity index (χ1v) is 8.95. The summed E-state index contributed by atoms with van der Waals surface area (Å²) in [5.74, 6) is -1.72. The lowest BCUT2D eigenvalue weighted by atomic mass is 9.50. The summed E-state index contributed by atoms with van der Waals surface area (Å²) >= 11 is 0. The van der Waals surface area contributed by atoms with Crippen molar-refractivity contribution in [1.29, 1.82) is 21.2 Å². The lowest BCUT2D eigenvalue weighted by Gasteiger charge is -2.53. The molecule has 4 rings (SSSR count). The van der Waals surface area contributed by atoms with E-state index in [-0.39, 0.29) is 11.8 Å². The van der Waals surface area contributed by atoms with Crippen molar-refractivity contribution in [3.8, 4) is 18.2 Å². The molecule has 128 valence electrons. The van der Waals surface area contributed by atoms with Gasteiger partial charge in [0.15, 0.2) is 10.8 Å². The number of nitrogens with one attached hydrogen (secondary N) is 1. The van der Waals surface area contributed by atoms with E-state index < -0.39 is 28.6 Å². The van der Waals surface area contributed by atoms with E-state index in [1.54, 1.807) is 0 Å². The predicted octanol–water partition coefficient (Wildman–Crippen LogP) is 3.18. The summed E-state index contributed by atoms with van der Waals surface area (Å²) in [6, 6.07) is 6.50. The van der Waals surface area contributed by atoms with Gasteiger partial charge in [0, 0.05) is 6.42 Å². The summed E-state index contributed by atoms with van der Waals surface area (Å²) in [4.78, 5) is 0. The molecule has 4 aliphatic rings. The summed E-state index contributed by atoms with van der Waals surface area (Å²) in [5, 5.41) is 38.8. The third-order valence-corrected chi connectivity index (χ3v) is 6.60. The molecule has 0 spiro atoms. The first-order valence-electron chi connectivity index (χ1n) is 8.95. The fourth-order valence-corrected chi connectivity index (χ4v) is 5.43. The van der Waals surface area contributed by atoms with E-state index in [9.17, 15) is 15.8 Å². The van der Waals surface area contributed by atoms with Gasteiger partial charge >= 0.3 is 0 Å². The molecule has 25 heavy (non-hydrogen) atoms. The first-order chi connectivity index (χ1) is 12.1. The topological polar surface area (TPSA) is 114 Å². The summed E-state index contributed by atoms with van der Waals surface area (Å²) in [5.41, 5.74) is -3.25. The van der Waals surface area contributed by atoms with Crippen molar-refractivity contribution in [1.82, 2.24) is 0 Å². The minimum Gasteiger partial charge on any atom is -0.447 e. The average Bonchev–Trinajstić information content (AvgIpc) is 2.87. The zero-order chi connectivity index (χ0) is 17.7. The van der Waals surface area contributed by atoms with Crippen molar-refractivity contribution in [2.45, 2.75) is 56.8 Å². The molecule has 0 amide bonds. The van der Waals surface area contributed by atoms with Gasteiger partial charge in [-0.3, -0.25) is 5.41 Å². The summed E-state index contributed by atoms with van der Waals surface area (Å²) in [6.45, 7) is 0. The fraction of sp³-hybridized carbons (Fsp3) is 0.684. The monoisotopic (exact) mass is 336 g/mol. The summed E-state index contributed by atoms with van der Waals surface area (Å²) in [6.07, 6.45) is 8.84. The van der Waals surface area contributed by atoms with Gasteiger partial charge in [0.2, 0.25) is 11.7 Å². The number of nitriles is 3. The molecule has 6 nitrogen and oxygen atoms in total. The SMILES string of the molecule is N#CC1(C#N)C(C2CC=CCC2)OC23CCCCC2C1(C#N)C(=N)O3. The van der Waals surface area contributed by atoms with Crippen molar-refractivity contribution in [2.75, 3.05) is 0 Å². The molecule has 2 heterocycles. The van der Waals surface area contributed by atoms with Gasteiger partial charge in [-0.25, -0.2) is 0 Å². The molecule has 2 bridgehead atoms. The average molecular weight is 336 g/mol. The Bertz CT molecular complexity index is 756. The molecular formula is C19H20N4O2. The number of ether oxygens (including phenoxy) is 2. The molecule has 2 aliphatic carbocycles. The second-order valence-electron chi connectivity index (χ2n) is 7.58. The van der Waals surface area contributed by atoms with Crippen LogP contribution in [0.4, 0.5) is 0 Å². The zero-order valence-electron chi connectivity index (χ0n) is 14.0. The fourth-order valence-electron chi connectivity index (χ4n) is 5.43. The van der Waals surface area contributed by atoms with Gasteiger partial charge in [-0.15, -0.1) is 0 Å². The number of hydrogen-bond donors (Lipinski definition) is 1. The third-order valence-electron chi connectivity index (χ3n) is 6.60. The standard InChI is InChI=1S/C19H20N4O2/c20-10-17(11-21)15(13-6-2-1-3-7-13)24-19-9-5-4-8-14(19)18(17,12-22)16(23)25-19/h1-2,13-15,23H,3-9H2. The Morgan fingerprint density at radius 2 is 1.88 bits per heavy atom. The molecule has 6 heteroatoms. The van der Waals surface area contributed by atoms with Gasteiger partial charge in [0.25, 0.3) is 0 Å². The Kier molecular flexibility index (Phi) is 3.43. The highest BCUT2D eigenvalue weighted by Crippen LogP contribution is 2.67. The maximum atomic E-state index is 10.1. The van der Waals surface area contributed by atoms with Crippen molar-refractivity contribution in [3.63, 3.8) is 0 Å². The van der Waals surface area contributed by atoms with Gasteiger partial charge < -0.3 is 9.47 Å². The minimum atomic E-state index is -1.71. The Morgan fingerprint density at radius 1 is 1.08 bits per heavy atom. The van der Waals surface area contributed by atoms with Crippen LogP contribution < -0.4 is 0 Å². The van der Waals surface area contributed by atoms with E-state index in [4.69, 9.17) is 14.9 Å². The maximum Gasteiger partial charge on any atom is 0.217 e. The second kappa shape index (κ2) is 5.32. The van der Waals surface area contributed by atoms with E-state index >= 15 is 0 Å². The van der Waals surface area contributed by atoms with Crippen LogP contribution in [0.1, 0.15) is 44.9 Å². The normalized spacial score (nSPS) is 43.9. The van der Waals surface area contributed by atoms with Crippen LogP contribution in [0.2, 0.25) is 0 Å². The lowest BCUT2D eigenvalue weighted by Crippen LogP contribution is -2.65. The van der Waals surface area contributed by atoms with Crippen LogP contribution in [0.15, 0.2) is 12.2 Å². The van der Waals surface area contributed by atoms with Crippen molar-refractivity contribution >= 4 is 5.90 Å². The van der Waals surface area contributed by atoms with Gasteiger partial charge in [-0.05, 0) is 38.0 Å². The smallest absolute Gasteiger partial charge is 0.217 e. The van der Waals surface area contributed by atoms with E-state index in [0.717, 1.165) is 25.7 Å². The van der Waals surface area contributed by atoms with E-state index in [1.165, 1.54) is 0 Å². The molecule has 0 aromatic heterocycles. The van der Waals surface area contributed by atoms with Crippen molar-refractivity contribution in [2.24, 2.45) is 22.7 Å². The molecule has 5 unspecified atom stereocenters. The molecule has 0 radical (unpaired) electrons. The summed E-state index contributed by atoms with van der Waals surface area (Å²) in [7, 11) is 0. The van der Waals surface area contributed by atoms with Crippen molar-refractivity contribution < 1.29 is 9.47 Å². The van der Waals surface area contributed by atoms with Crippen LogP contribution in [0.25, 0.3) is 0 Å². The predicted molar refractivity (Wildman–Crippen MR) is 86.6 cm³/mol. The Balaban J connectivity index is 1.93. The highest BCUT2D eigenvalue weighted by molar-refractivity contribution is 5.89. The molecule has 1 saturated carbocycles. The highest BCUT2D eigenvalue weighted by Gasteiger charge is 2.80. The number of nitrogens with zero attached hydrogens (tertiary/aromatic N) is 3.